The summed E-state index contributed by atoms with van der Waals surface area (Å²) in [5, 5.41) is 10.4. The molecule has 2 heteroatoms. The second-order valence-corrected chi connectivity index (χ2v) is 1.87. The van der Waals surface area contributed by atoms with Crippen LogP contribution < -0.4 is 5.11 Å². The lowest BCUT2D eigenvalue weighted by Crippen LogP contribution is -2.06. The monoisotopic (exact) mass is 113 g/mol. The molecule has 8 heavy (non-hydrogen) atoms. The largest absolute Gasteiger partial charge is 0.613 e. The molecule has 0 unspecified atom stereocenters. The molecule has 0 aromatic heterocycles. The van der Waals surface area contributed by atoms with Crippen LogP contribution in [-0.2, 0) is 4.74 Å². The molecule has 0 spiro atoms. The summed E-state index contributed by atoms with van der Waals surface area (Å²) in [6.45, 7) is 0.606. The molecule has 0 atom stereocenters. The van der Waals surface area contributed by atoms with E-state index in [2.05, 4.69) is 0 Å². The van der Waals surface area contributed by atoms with Crippen molar-refractivity contribution in [2.24, 2.45) is 0 Å². The standard InChI is InChI=1S/C6H10O2/c7-6-4-2-1-3-5-8-6/h4,7H,1-3,5H2/p-1. The number of hydrogen-bond acceptors (Lipinski definition) is 2. The molecule has 46 valence electrons. The number of allylic oxidation sites excluding steroid dienone is 1. The molecule has 0 aliphatic carbocycles. The van der Waals surface area contributed by atoms with Gasteiger partial charge in [-0.25, -0.2) is 0 Å². The fourth-order valence-corrected chi connectivity index (χ4v) is 0.698. The van der Waals surface area contributed by atoms with Gasteiger partial charge in [-0.15, -0.1) is 0 Å². The van der Waals surface area contributed by atoms with E-state index in [0.29, 0.717) is 6.61 Å². The first-order chi connectivity index (χ1) is 3.89. The minimum atomic E-state index is -0.150. The first-order valence-electron chi connectivity index (χ1n) is 2.89. The SMILES string of the molecule is [O-]C1=CCCCCO1. The number of rotatable bonds is 0. The molecule has 0 amide bonds. The van der Waals surface area contributed by atoms with Gasteiger partial charge in [-0.1, -0.05) is 6.08 Å². The highest BCUT2D eigenvalue weighted by Gasteiger charge is 1.89. The van der Waals surface area contributed by atoms with Crippen LogP contribution in [0.4, 0.5) is 0 Å². The Morgan fingerprint density at radius 1 is 1.50 bits per heavy atom. The molecule has 0 aromatic carbocycles. The second-order valence-electron chi connectivity index (χ2n) is 1.87. The smallest absolute Gasteiger partial charge is 0.0471 e. The Balaban J connectivity index is 2.36. The first kappa shape index (κ1) is 5.48. The van der Waals surface area contributed by atoms with Crippen molar-refractivity contribution in [2.75, 3.05) is 6.61 Å². The zero-order chi connectivity index (χ0) is 5.82. The van der Waals surface area contributed by atoms with Crippen LogP contribution in [-0.4, -0.2) is 6.61 Å². The molecule has 1 heterocycles. The maximum absolute atomic E-state index is 10.4. The molecule has 0 radical (unpaired) electrons. The Kier molecular flexibility index (Phi) is 1.78. The lowest BCUT2D eigenvalue weighted by Gasteiger charge is -2.10. The van der Waals surface area contributed by atoms with Crippen LogP contribution in [0.2, 0.25) is 0 Å². The highest BCUT2D eigenvalue weighted by atomic mass is 16.6. The van der Waals surface area contributed by atoms with E-state index in [-0.39, 0.29) is 5.95 Å². The summed E-state index contributed by atoms with van der Waals surface area (Å²) >= 11 is 0. The Hall–Kier alpha value is -0.660. The van der Waals surface area contributed by atoms with Gasteiger partial charge in [0.25, 0.3) is 0 Å². The molecule has 0 bridgehead atoms. The van der Waals surface area contributed by atoms with E-state index in [1.54, 1.807) is 6.08 Å². The van der Waals surface area contributed by atoms with Crippen LogP contribution in [0, 0.1) is 0 Å². The van der Waals surface area contributed by atoms with E-state index in [9.17, 15) is 5.11 Å². The molecule has 0 aromatic rings. The van der Waals surface area contributed by atoms with Crippen molar-refractivity contribution in [1.29, 1.82) is 0 Å². The van der Waals surface area contributed by atoms with Crippen molar-refractivity contribution in [2.45, 2.75) is 19.3 Å². The zero-order valence-corrected chi connectivity index (χ0v) is 4.72. The topological polar surface area (TPSA) is 32.3 Å². The van der Waals surface area contributed by atoms with E-state index in [4.69, 9.17) is 4.74 Å². The summed E-state index contributed by atoms with van der Waals surface area (Å²) < 4.78 is 4.71. The molecular formula is C6H9O2-. The van der Waals surface area contributed by atoms with Crippen LogP contribution in [0.15, 0.2) is 12.0 Å². The summed E-state index contributed by atoms with van der Waals surface area (Å²) in [7, 11) is 0. The summed E-state index contributed by atoms with van der Waals surface area (Å²) in [6, 6.07) is 0. The molecule has 1 rings (SSSR count). The fraction of sp³-hybridized carbons (Fsp3) is 0.667. The van der Waals surface area contributed by atoms with Crippen molar-refractivity contribution in [3.05, 3.63) is 12.0 Å². The zero-order valence-electron chi connectivity index (χ0n) is 4.72. The third-order valence-electron chi connectivity index (χ3n) is 1.15. The van der Waals surface area contributed by atoms with Crippen molar-refractivity contribution < 1.29 is 9.84 Å². The van der Waals surface area contributed by atoms with Crippen molar-refractivity contribution >= 4 is 0 Å². The van der Waals surface area contributed by atoms with E-state index in [1.165, 1.54) is 0 Å². The van der Waals surface area contributed by atoms with Gasteiger partial charge in [0.05, 0.1) is 0 Å². The van der Waals surface area contributed by atoms with Crippen LogP contribution in [0.25, 0.3) is 0 Å². The quantitative estimate of drug-likeness (QED) is 0.455. The van der Waals surface area contributed by atoms with E-state index < -0.39 is 0 Å². The van der Waals surface area contributed by atoms with Gasteiger partial charge >= 0.3 is 0 Å². The predicted octanol–water partition coefficient (Wildman–Crippen LogP) is 0.389. The normalized spacial score (nSPS) is 20.8. The summed E-state index contributed by atoms with van der Waals surface area (Å²) in [4.78, 5) is 0. The average molecular weight is 113 g/mol. The molecule has 0 saturated carbocycles. The molecule has 1 aliphatic heterocycles. The van der Waals surface area contributed by atoms with Crippen molar-refractivity contribution in [3.63, 3.8) is 0 Å². The molecule has 1 aliphatic rings. The number of ether oxygens (including phenoxy) is 1. The lowest BCUT2D eigenvalue weighted by molar-refractivity contribution is -0.356. The number of hydrogen-bond donors (Lipinski definition) is 0. The van der Waals surface area contributed by atoms with Gasteiger partial charge in [0, 0.05) is 5.95 Å². The Bertz CT molecular complexity index is 96.7. The lowest BCUT2D eigenvalue weighted by atomic mass is 10.2. The Morgan fingerprint density at radius 3 is 3.25 bits per heavy atom. The van der Waals surface area contributed by atoms with Gasteiger partial charge in [-0.3, -0.25) is 0 Å². The average Bonchev–Trinajstić information content (AvgIpc) is 1.94. The summed E-state index contributed by atoms with van der Waals surface area (Å²) in [5.41, 5.74) is 0. The van der Waals surface area contributed by atoms with Gasteiger partial charge in [-0.2, -0.15) is 0 Å². The van der Waals surface area contributed by atoms with Gasteiger partial charge in [0.2, 0.25) is 0 Å². The van der Waals surface area contributed by atoms with E-state index in [0.717, 1.165) is 19.3 Å². The van der Waals surface area contributed by atoms with Crippen LogP contribution >= 0.6 is 0 Å². The van der Waals surface area contributed by atoms with E-state index in [1.807, 2.05) is 0 Å². The highest BCUT2D eigenvalue weighted by molar-refractivity contribution is 4.81. The highest BCUT2D eigenvalue weighted by Crippen LogP contribution is 2.04. The van der Waals surface area contributed by atoms with Gasteiger partial charge in [0.15, 0.2) is 0 Å². The molecule has 2 nitrogen and oxygen atoms in total. The molecular weight excluding hydrogens is 104 g/mol. The van der Waals surface area contributed by atoms with E-state index >= 15 is 0 Å². The first-order valence-corrected chi connectivity index (χ1v) is 2.89. The minimum Gasteiger partial charge on any atom is -0.613 e. The second kappa shape index (κ2) is 2.60. The maximum atomic E-state index is 10.4. The Labute approximate surface area is 48.8 Å². The predicted molar refractivity (Wildman–Crippen MR) is 27.9 cm³/mol. The van der Waals surface area contributed by atoms with Crippen LogP contribution in [0.1, 0.15) is 19.3 Å². The summed E-state index contributed by atoms with van der Waals surface area (Å²) in [6.07, 6.45) is 4.60. The molecule has 0 N–H and O–H groups in total. The Morgan fingerprint density at radius 2 is 2.38 bits per heavy atom. The van der Waals surface area contributed by atoms with Crippen molar-refractivity contribution in [3.8, 4) is 0 Å². The molecule has 0 fully saturated rings. The van der Waals surface area contributed by atoms with Gasteiger partial charge in [0.1, 0.15) is 0 Å². The molecule has 0 saturated heterocycles. The van der Waals surface area contributed by atoms with Crippen LogP contribution in [0.5, 0.6) is 0 Å². The third-order valence-corrected chi connectivity index (χ3v) is 1.15. The maximum Gasteiger partial charge on any atom is 0.0471 e. The minimum absolute atomic E-state index is 0.150. The fourth-order valence-electron chi connectivity index (χ4n) is 0.698. The summed E-state index contributed by atoms with van der Waals surface area (Å²) in [5.74, 6) is -0.150. The van der Waals surface area contributed by atoms with Crippen molar-refractivity contribution in [1.82, 2.24) is 0 Å². The van der Waals surface area contributed by atoms with Gasteiger partial charge < -0.3 is 9.84 Å². The van der Waals surface area contributed by atoms with Crippen LogP contribution in [0.3, 0.4) is 0 Å². The van der Waals surface area contributed by atoms with Gasteiger partial charge in [-0.05, 0) is 25.9 Å². The third kappa shape index (κ3) is 1.45.